The predicted molar refractivity (Wildman–Crippen MR) is 104 cm³/mol. The molecule has 1 saturated carbocycles. The second kappa shape index (κ2) is 8.65. The molecule has 4 heteroatoms. The van der Waals surface area contributed by atoms with Crippen LogP contribution >= 0.6 is 0 Å². The lowest BCUT2D eigenvalue weighted by Crippen LogP contribution is -2.31. The minimum absolute atomic E-state index is 0.0499. The first-order valence-electron chi connectivity index (χ1n) is 9.38. The molecule has 2 N–H and O–H groups in total. The molecule has 136 valence electrons. The Morgan fingerprint density at radius 2 is 1.62 bits per heavy atom. The van der Waals surface area contributed by atoms with Crippen molar-refractivity contribution >= 4 is 11.8 Å². The standard InChI is InChI=1S/C22H26N2O2/c1-2-23-22(26)20-9-8-16(14-20)15-24-21(25)19-12-10-18(11-13-19)17-6-4-3-5-7-17/h3-7,10-13,16,20H,2,8-9,14-15H2,1H3,(H,23,26)(H,24,25)/t16-,20+/m1/s1. The van der Waals surface area contributed by atoms with E-state index >= 15 is 0 Å². The van der Waals surface area contributed by atoms with Gasteiger partial charge in [-0.2, -0.15) is 0 Å². The van der Waals surface area contributed by atoms with Gasteiger partial charge in [-0.1, -0.05) is 42.5 Å². The normalized spacial score (nSPS) is 19.1. The average molecular weight is 350 g/mol. The molecule has 2 atom stereocenters. The molecule has 0 spiro atoms. The van der Waals surface area contributed by atoms with E-state index in [0.29, 0.717) is 24.6 Å². The summed E-state index contributed by atoms with van der Waals surface area (Å²) in [6.45, 7) is 3.25. The van der Waals surface area contributed by atoms with E-state index in [-0.39, 0.29) is 17.7 Å². The van der Waals surface area contributed by atoms with Crippen molar-refractivity contribution in [2.45, 2.75) is 26.2 Å². The van der Waals surface area contributed by atoms with Crippen molar-refractivity contribution in [3.63, 3.8) is 0 Å². The smallest absolute Gasteiger partial charge is 0.251 e. The number of nitrogens with one attached hydrogen (secondary N) is 2. The van der Waals surface area contributed by atoms with E-state index in [0.717, 1.165) is 30.4 Å². The van der Waals surface area contributed by atoms with E-state index in [1.54, 1.807) is 0 Å². The summed E-state index contributed by atoms with van der Waals surface area (Å²) in [5.41, 5.74) is 2.91. The number of benzene rings is 2. The molecule has 0 saturated heterocycles. The Morgan fingerprint density at radius 3 is 2.31 bits per heavy atom. The number of hydrogen-bond donors (Lipinski definition) is 2. The van der Waals surface area contributed by atoms with Gasteiger partial charge in [0.05, 0.1) is 0 Å². The number of carbonyl (C=O) groups excluding carboxylic acids is 2. The SMILES string of the molecule is CCNC(=O)[C@H]1CC[C@@H](CNC(=O)c2ccc(-c3ccccc3)cc2)C1. The molecule has 2 aromatic carbocycles. The summed E-state index contributed by atoms with van der Waals surface area (Å²) in [5, 5.41) is 5.91. The zero-order chi connectivity index (χ0) is 18.4. The first kappa shape index (κ1) is 18.2. The second-order valence-electron chi connectivity index (χ2n) is 6.92. The molecule has 0 radical (unpaired) electrons. The van der Waals surface area contributed by atoms with Gasteiger partial charge in [0.1, 0.15) is 0 Å². The molecule has 0 aromatic heterocycles. The summed E-state index contributed by atoms with van der Waals surface area (Å²) in [4.78, 5) is 24.3. The van der Waals surface area contributed by atoms with E-state index in [9.17, 15) is 9.59 Å². The zero-order valence-corrected chi connectivity index (χ0v) is 15.2. The van der Waals surface area contributed by atoms with E-state index in [4.69, 9.17) is 0 Å². The van der Waals surface area contributed by atoms with E-state index < -0.39 is 0 Å². The summed E-state index contributed by atoms with van der Waals surface area (Å²) >= 11 is 0. The molecule has 0 unspecified atom stereocenters. The van der Waals surface area contributed by atoms with Crippen molar-refractivity contribution in [2.75, 3.05) is 13.1 Å². The molecule has 0 bridgehead atoms. The average Bonchev–Trinajstić information content (AvgIpc) is 3.16. The maximum absolute atomic E-state index is 12.4. The third-order valence-electron chi connectivity index (χ3n) is 5.07. The highest BCUT2D eigenvalue weighted by Gasteiger charge is 2.29. The topological polar surface area (TPSA) is 58.2 Å². The van der Waals surface area contributed by atoms with Gasteiger partial charge in [-0.25, -0.2) is 0 Å². The Hall–Kier alpha value is -2.62. The number of carbonyl (C=O) groups is 2. The zero-order valence-electron chi connectivity index (χ0n) is 15.2. The Morgan fingerprint density at radius 1 is 0.923 bits per heavy atom. The van der Waals surface area contributed by atoms with Crippen LogP contribution in [0.25, 0.3) is 11.1 Å². The van der Waals surface area contributed by atoms with Crippen molar-refractivity contribution in [1.29, 1.82) is 0 Å². The highest BCUT2D eigenvalue weighted by Crippen LogP contribution is 2.30. The van der Waals surface area contributed by atoms with E-state index in [1.165, 1.54) is 0 Å². The Balaban J connectivity index is 1.50. The number of amides is 2. The molecule has 3 rings (SSSR count). The van der Waals surface area contributed by atoms with Crippen LogP contribution in [-0.2, 0) is 4.79 Å². The van der Waals surface area contributed by atoms with Crippen LogP contribution in [0.2, 0.25) is 0 Å². The largest absolute Gasteiger partial charge is 0.356 e. The third kappa shape index (κ3) is 4.51. The van der Waals surface area contributed by atoms with Crippen LogP contribution < -0.4 is 10.6 Å². The summed E-state index contributed by atoms with van der Waals surface area (Å²) in [5.74, 6) is 0.584. The Labute approximate surface area is 155 Å². The van der Waals surface area contributed by atoms with Crippen molar-refractivity contribution in [3.05, 3.63) is 60.2 Å². The summed E-state index contributed by atoms with van der Waals surface area (Å²) in [6, 6.07) is 17.8. The van der Waals surface area contributed by atoms with Gasteiger partial charge in [0.25, 0.3) is 5.91 Å². The summed E-state index contributed by atoms with van der Waals surface area (Å²) in [6.07, 6.45) is 2.77. The molecular weight excluding hydrogens is 324 g/mol. The van der Waals surface area contributed by atoms with Gasteiger partial charge >= 0.3 is 0 Å². The fourth-order valence-corrected chi connectivity index (χ4v) is 3.60. The lowest BCUT2D eigenvalue weighted by atomic mass is 10.0. The quantitative estimate of drug-likeness (QED) is 0.836. The first-order chi connectivity index (χ1) is 12.7. The molecule has 1 aliphatic rings. The van der Waals surface area contributed by atoms with Crippen molar-refractivity contribution in [3.8, 4) is 11.1 Å². The van der Waals surface area contributed by atoms with Crippen LogP contribution in [0, 0.1) is 11.8 Å². The van der Waals surface area contributed by atoms with Crippen molar-refractivity contribution < 1.29 is 9.59 Å². The molecule has 1 aliphatic carbocycles. The molecule has 0 heterocycles. The number of rotatable bonds is 6. The van der Waals surface area contributed by atoms with Crippen molar-refractivity contribution in [1.82, 2.24) is 10.6 Å². The van der Waals surface area contributed by atoms with Gasteiger partial charge in [0.15, 0.2) is 0 Å². The molecule has 0 aliphatic heterocycles. The molecule has 26 heavy (non-hydrogen) atoms. The van der Waals surface area contributed by atoms with Crippen LogP contribution in [0.15, 0.2) is 54.6 Å². The highest BCUT2D eigenvalue weighted by atomic mass is 16.2. The lowest BCUT2D eigenvalue weighted by Gasteiger charge is -2.12. The van der Waals surface area contributed by atoms with Crippen LogP contribution in [0.1, 0.15) is 36.5 Å². The Bertz CT molecular complexity index is 740. The van der Waals surface area contributed by atoms with Gasteiger partial charge < -0.3 is 10.6 Å². The molecule has 4 nitrogen and oxygen atoms in total. The molecule has 2 amide bonds. The maximum atomic E-state index is 12.4. The van der Waals surface area contributed by atoms with Gasteiger partial charge in [0.2, 0.25) is 5.91 Å². The van der Waals surface area contributed by atoms with Crippen molar-refractivity contribution in [2.24, 2.45) is 11.8 Å². The van der Waals surface area contributed by atoms with Gasteiger partial charge in [-0.15, -0.1) is 0 Å². The fourth-order valence-electron chi connectivity index (χ4n) is 3.60. The predicted octanol–water partition coefficient (Wildman–Crippen LogP) is 3.64. The van der Waals surface area contributed by atoms with Gasteiger partial charge in [-0.05, 0) is 55.4 Å². The fraction of sp³-hybridized carbons (Fsp3) is 0.364. The third-order valence-corrected chi connectivity index (χ3v) is 5.07. The van der Waals surface area contributed by atoms with Crippen LogP contribution in [-0.4, -0.2) is 24.9 Å². The van der Waals surface area contributed by atoms with Gasteiger partial charge in [0, 0.05) is 24.6 Å². The monoisotopic (exact) mass is 350 g/mol. The lowest BCUT2D eigenvalue weighted by molar-refractivity contribution is -0.124. The minimum atomic E-state index is -0.0499. The minimum Gasteiger partial charge on any atom is -0.356 e. The second-order valence-corrected chi connectivity index (χ2v) is 6.92. The number of hydrogen-bond acceptors (Lipinski definition) is 2. The van der Waals surface area contributed by atoms with Crippen LogP contribution in [0.3, 0.4) is 0 Å². The highest BCUT2D eigenvalue weighted by molar-refractivity contribution is 5.94. The summed E-state index contributed by atoms with van der Waals surface area (Å²) in [7, 11) is 0. The van der Waals surface area contributed by atoms with E-state index in [1.807, 2.05) is 49.4 Å². The van der Waals surface area contributed by atoms with Gasteiger partial charge in [-0.3, -0.25) is 9.59 Å². The molecule has 2 aromatic rings. The maximum Gasteiger partial charge on any atom is 0.251 e. The Kier molecular flexibility index (Phi) is 6.05. The summed E-state index contributed by atoms with van der Waals surface area (Å²) < 4.78 is 0. The molecule has 1 fully saturated rings. The van der Waals surface area contributed by atoms with Crippen LogP contribution in [0.5, 0.6) is 0 Å². The first-order valence-corrected chi connectivity index (χ1v) is 9.38. The molecular formula is C22H26N2O2. The van der Waals surface area contributed by atoms with Crippen LogP contribution in [0.4, 0.5) is 0 Å². The van der Waals surface area contributed by atoms with E-state index in [2.05, 4.69) is 22.8 Å².